The second kappa shape index (κ2) is 4.27. The first-order valence-electron chi connectivity index (χ1n) is 6.02. The summed E-state index contributed by atoms with van der Waals surface area (Å²) in [6.45, 7) is 1.71. The third-order valence-corrected chi connectivity index (χ3v) is 4.61. The minimum atomic E-state index is -2.88. The highest BCUT2D eigenvalue weighted by Crippen LogP contribution is 2.35. The van der Waals surface area contributed by atoms with Crippen molar-refractivity contribution >= 4 is 9.84 Å². The maximum atomic E-state index is 11.0. The molecular weight excluding hydrogens is 226 g/mol. The van der Waals surface area contributed by atoms with E-state index in [0.29, 0.717) is 18.9 Å². The standard InChI is InChI=1S/C11H21NO3S/c1-16(14,15)8-2-5-11(13)6-7-12(9-11)10-3-4-10/h10,13H,2-9H2,1H3. The van der Waals surface area contributed by atoms with Crippen molar-refractivity contribution in [2.75, 3.05) is 25.1 Å². The topological polar surface area (TPSA) is 57.6 Å². The molecule has 2 aliphatic rings. The summed E-state index contributed by atoms with van der Waals surface area (Å²) < 4.78 is 22.0. The van der Waals surface area contributed by atoms with E-state index in [1.165, 1.54) is 19.1 Å². The largest absolute Gasteiger partial charge is 0.389 e. The molecule has 0 amide bonds. The Morgan fingerprint density at radius 1 is 1.44 bits per heavy atom. The molecule has 0 aromatic heterocycles. The van der Waals surface area contributed by atoms with E-state index in [1.807, 2.05) is 0 Å². The van der Waals surface area contributed by atoms with Crippen LogP contribution >= 0.6 is 0 Å². The Balaban J connectivity index is 1.76. The molecule has 94 valence electrons. The van der Waals surface area contributed by atoms with Crippen molar-refractivity contribution < 1.29 is 13.5 Å². The van der Waals surface area contributed by atoms with Crippen LogP contribution in [0.1, 0.15) is 32.1 Å². The molecule has 1 aliphatic carbocycles. The van der Waals surface area contributed by atoms with Crippen molar-refractivity contribution in [1.82, 2.24) is 4.90 Å². The predicted molar refractivity (Wildman–Crippen MR) is 63.1 cm³/mol. The van der Waals surface area contributed by atoms with Gasteiger partial charge in [0, 0.05) is 31.1 Å². The van der Waals surface area contributed by atoms with Gasteiger partial charge in [-0.15, -0.1) is 0 Å². The normalized spacial score (nSPS) is 32.1. The zero-order valence-electron chi connectivity index (χ0n) is 9.85. The third-order valence-electron chi connectivity index (χ3n) is 3.58. The number of likely N-dealkylation sites (tertiary alicyclic amines) is 1. The molecule has 0 bridgehead atoms. The maximum Gasteiger partial charge on any atom is 0.147 e. The molecule has 1 atom stereocenters. The molecule has 4 nitrogen and oxygen atoms in total. The summed E-state index contributed by atoms with van der Waals surface area (Å²) in [5.74, 6) is 0.193. The first-order valence-corrected chi connectivity index (χ1v) is 8.08. The van der Waals surface area contributed by atoms with E-state index in [1.54, 1.807) is 0 Å². The lowest BCUT2D eigenvalue weighted by Crippen LogP contribution is -2.34. The lowest BCUT2D eigenvalue weighted by Gasteiger charge is -2.23. The van der Waals surface area contributed by atoms with E-state index in [4.69, 9.17) is 0 Å². The fourth-order valence-electron chi connectivity index (χ4n) is 2.51. The van der Waals surface area contributed by atoms with Gasteiger partial charge in [0.1, 0.15) is 9.84 Å². The van der Waals surface area contributed by atoms with Crippen LogP contribution in [-0.4, -0.2) is 55.2 Å². The number of sulfone groups is 1. The number of hydrogen-bond acceptors (Lipinski definition) is 4. The summed E-state index contributed by atoms with van der Waals surface area (Å²) in [6, 6.07) is 0.698. The smallest absolute Gasteiger partial charge is 0.147 e. The Labute approximate surface area is 97.6 Å². The molecule has 1 saturated heterocycles. The Kier molecular flexibility index (Phi) is 3.29. The number of nitrogens with zero attached hydrogens (tertiary/aromatic N) is 1. The van der Waals surface area contributed by atoms with Gasteiger partial charge in [0.15, 0.2) is 0 Å². The molecule has 1 N–H and O–H groups in total. The van der Waals surface area contributed by atoms with Crippen molar-refractivity contribution in [2.24, 2.45) is 0 Å². The highest BCUT2D eigenvalue weighted by Gasteiger charge is 2.41. The first kappa shape index (κ1) is 12.3. The van der Waals surface area contributed by atoms with Gasteiger partial charge in [-0.25, -0.2) is 8.42 Å². The molecule has 5 heteroatoms. The Bertz CT molecular complexity index is 350. The number of hydrogen-bond donors (Lipinski definition) is 1. The molecule has 16 heavy (non-hydrogen) atoms. The zero-order valence-corrected chi connectivity index (χ0v) is 10.7. The van der Waals surface area contributed by atoms with Gasteiger partial charge in [-0.2, -0.15) is 0 Å². The van der Waals surface area contributed by atoms with Crippen molar-refractivity contribution in [2.45, 2.75) is 43.7 Å². The first-order chi connectivity index (χ1) is 7.38. The van der Waals surface area contributed by atoms with E-state index in [-0.39, 0.29) is 5.75 Å². The summed E-state index contributed by atoms with van der Waals surface area (Å²) in [5.41, 5.74) is -0.632. The maximum absolute atomic E-state index is 11.0. The summed E-state index contributed by atoms with van der Waals surface area (Å²) in [5, 5.41) is 10.3. The molecule has 0 aromatic carbocycles. The predicted octanol–water partition coefficient (Wildman–Crippen LogP) is 0.410. The van der Waals surface area contributed by atoms with Gasteiger partial charge < -0.3 is 5.11 Å². The van der Waals surface area contributed by atoms with Crippen LogP contribution in [0.4, 0.5) is 0 Å². The fraction of sp³-hybridized carbons (Fsp3) is 1.00. The monoisotopic (exact) mass is 247 g/mol. The van der Waals surface area contributed by atoms with E-state index >= 15 is 0 Å². The molecular formula is C11H21NO3S. The highest BCUT2D eigenvalue weighted by molar-refractivity contribution is 7.90. The minimum absolute atomic E-state index is 0.193. The summed E-state index contributed by atoms with van der Waals surface area (Å²) in [6.07, 6.45) is 5.77. The summed E-state index contributed by atoms with van der Waals surface area (Å²) >= 11 is 0. The number of rotatable bonds is 5. The highest BCUT2D eigenvalue weighted by atomic mass is 32.2. The van der Waals surface area contributed by atoms with Crippen LogP contribution in [0.5, 0.6) is 0 Å². The van der Waals surface area contributed by atoms with Crippen LogP contribution in [0, 0.1) is 0 Å². The summed E-state index contributed by atoms with van der Waals surface area (Å²) in [4.78, 5) is 2.35. The zero-order chi connectivity index (χ0) is 11.8. The van der Waals surface area contributed by atoms with Gasteiger partial charge in [0.05, 0.1) is 5.60 Å². The molecule has 0 aromatic rings. The molecule has 1 aliphatic heterocycles. The number of β-amino-alcohol motifs (C(OH)–C–C–N with tert-alkyl or cyclic N) is 1. The third kappa shape index (κ3) is 3.43. The average Bonchev–Trinajstić information content (AvgIpc) is 2.89. The number of aliphatic hydroxyl groups is 1. The second-order valence-electron chi connectivity index (χ2n) is 5.41. The van der Waals surface area contributed by atoms with Gasteiger partial charge in [0.2, 0.25) is 0 Å². The van der Waals surface area contributed by atoms with Crippen LogP contribution in [-0.2, 0) is 9.84 Å². The minimum Gasteiger partial charge on any atom is -0.389 e. The van der Waals surface area contributed by atoms with Crippen LogP contribution in [0.3, 0.4) is 0 Å². The van der Waals surface area contributed by atoms with Crippen LogP contribution in [0.2, 0.25) is 0 Å². The lowest BCUT2D eigenvalue weighted by atomic mass is 9.97. The van der Waals surface area contributed by atoms with Crippen molar-refractivity contribution in [3.63, 3.8) is 0 Å². The quantitative estimate of drug-likeness (QED) is 0.764. The fourth-order valence-corrected chi connectivity index (χ4v) is 3.18. The molecule has 2 rings (SSSR count). The van der Waals surface area contributed by atoms with E-state index in [0.717, 1.165) is 19.5 Å². The van der Waals surface area contributed by atoms with Crippen LogP contribution in [0.15, 0.2) is 0 Å². The van der Waals surface area contributed by atoms with E-state index < -0.39 is 15.4 Å². The van der Waals surface area contributed by atoms with Crippen molar-refractivity contribution in [3.8, 4) is 0 Å². The van der Waals surface area contributed by atoms with Gasteiger partial charge in [0.25, 0.3) is 0 Å². The van der Waals surface area contributed by atoms with E-state index in [9.17, 15) is 13.5 Å². The van der Waals surface area contributed by atoms with Gasteiger partial charge >= 0.3 is 0 Å². The van der Waals surface area contributed by atoms with Crippen LogP contribution < -0.4 is 0 Å². The molecule has 1 saturated carbocycles. The van der Waals surface area contributed by atoms with Gasteiger partial charge in [-0.05, 0) is 32.1 Å². The summed E-state index contributed by atoms with van der Waals surface area (Å²) in [7, 11) is -2.88. The van der Waals surface area contributed by atoms with E-state index in [2.05, 4.69) is 4.90 Å². The molecule has 2 fully saturated rings. The molecule has 0 radical (unpaired) electrons. The molecule has 0 spiro atoms. The molecule has 1 unspecified atom stereocenters. The Morgan fingerprint density at radius 2 is 2.12 bits per heavy atom. The SMILES string of the molecule is CS(=O)(=O)CCCC1(O)CCN(C2CC2)C1. The Morgan fingerprint density at radius 3 is 2.69 bits per heavy atom. The van der Waals surface area contributed by atoms with Crippen LogP contribution in [0.25, 0.3) is 0 Å². The average molecular weight is 247 g/mol. The lowest BCUT2D eigenvalue weighted by molar-refractivity contribution is 0.0393. The van der Waals surface area contributed by atoms with Crippen molar-refractivity contribution in [1.29, 1.82) is 0 Å². The Hall–Kier alpha value is -0.130. The second-order valence-corrected chi connectivity index (χ2v) is 7.67. The van der Waals surface area contributed by atoms with Gasteiger partial charge in [-0.3, -0.25) is 4.90 Å². The molecule has 1 heterocycles. The van der Waals surface area contributed by atoms with Gasteiger partial charge in [-0.1, -0.05) is 0 Å². The van der Waals surface area contributed by atoms with Crippen molar-refractivity contribution in [3.05, 3.63) is 0 Å².